The van der Waals surface area contributed by atoms with E-state index < -0.39 is 6.00 Å². The molecule has 0 radical (unpaired) electrons. The van der Waals surface area contributed by atoms with Gasteiger partial charge in [-0.3, -0.25) is 0 Å². The minimum absolute atomic E-state index is 0.00338. The summed E-state index contributed by atoms with van der Waals surface area (Å²) in [7, 11) is 1.65. The van der Waals surface area contributed by atoms with Crippen molar-refractivity contribution in [3.8, 4) is 0 Å². The van der Waals surface area contributed by atoms with Crippen LogP contribution in [0.4, 0.5) is 0 Å². The molecule has 1 rings (SSSR count). The molecule has 0 heterocycles. The molecule has 0 bridgehead atoms. The summed E-state index contributed by atoms with van der Waals surface area (Å²) in [4.78, 5) is 0. The van der Waals surface area contributed by atoms with Crippen LogP contribution in [0.15, 0.2) is 30.3 Å². The Kier molecular flexibility index (Phi) is 5.43. The third-order valence-electron chi connectivity index (χ3n) is 2.21. The third-order valence-corrected chi connectivity index (χ3v) is 5.99. The minimum Gasteiger partial charge on any atom is -0.385 e. The van der Waals surface area contributed by atoms with Gasteiger partial charge in [0.05, 0.1) is 0 Å². The third kappa shape index (κ3) is 4.33. The lowest BCUT2D eigenvalue weighted by molar-refractivity contribution is 0.193. The van der Waals surface area contributed by atoms with Crippen LogP contribution in [0.25, 0.3) is 0 Å². The van der Waals surface area contributed by atoms with Gasteiger partial charge in [-0.05, 0) is 12.0 Å². The minimum atomic E-state index is -2.73. The molecule has 1 nitrogen and oxygen atoms in total. The fraction of sp³-hybridized carbons (Fsp3) is 0.400. The summed E-state index contributed by atoms with van der Waals surface area (Å²) in [6.07, 6.45) is 0.753. The van der Waals surface area contributed by atoms with Crippen molar-refractivity contribution in [3.63, 3.8) is 0 Å². The molecule has 0 aliphatic carbocycles. The summed E-state index contributed by atoms with van der Waals surface area (Å²) < 4.78 is 5.04. The van der Waals surface area contributed by atoms with Crippen molar-refractivity contribution >= 4 is 39.2 Å². The Morgan fingerprint density at radius 3 is 2.27 bits per heavy atom. The normalized spacial score (nSPS) is 13.9. The van der Waals surface area contributed by atoms with Gasteiger partial charge in [-0.25, -0.2) is 0 Å². The van der Waals surface area contributed by atoms with E-state index >= 15 is 0 Å². The van der Waals surface area contributed by atoms with Crippen LogP contribution in [0.2, 0.25) is 0 Å². The Morgan fingerprint density at radius 1 is 1.20 bits per heavy atom. The van der Waals surface area contributed by atoms with Crippen molar-refractivity contribution in [1.82, 2.24) is 0 Å². The first-order valence-electron chi connectivity index (χ1n) is 4.66. The summed E-state index contributed by atoms with van der Waals surface area (Å²) in [6.45, 7) is 0.612. The molecule has 0 N–H and O–H groups in total. The quantitative estimate of drug-likeness (QED) is 0.586. The smallest absolute Gasteiger partial charge is 0.348 e. The van der Waals surface area contributed by atoms with Gasteiger partial charge in [0.15, 0.2) is 0 Å². The molecule has 0 fully saturated rings. The maximum atomic E-state index is 6.08. The van der Waals surface area contributed by atoms with Crippen LogP contribution in [0.3, 0.4) is 0 Å². The second-order valence-electron chi connectivity index (χ2n) is 3.29. The van der Waals surface area contributed by atoms with Crippen molar-refractivity contribution in [2.45, 2.75) is 12.0 Å². The van der Waals surface area contributed by atoms with E-state index in [0.29, 0.717) is 6.61 Å². The number of hydrogen-bond acceptors (Lipinski definition) is 1. The second kappa shape index (κ2) is 6.11. The van der Waals surface area contributed by atoms with Gasteiger partial charge >= 0.3 is 6.00 Å². The molecule has 15 heavy (non-hydrogen) atoms. The zero-order chi connectivity index (χ0) is 11.3. The zero-order valence-electron chi connectivity index (χ0n) is 8.42. The Bertz CT molecular complexity index is 286. The van der Waals surface area contributed by atoms with Crippen LogP contribution in [-0.2, 0) is 4.74 Å². The van der Waals surface area contributed by atoms with Gasteiger partial charge in [0.2, 0.25) is 0 Å². The molecule has 0 aliphatic heterocycles. The standard InChI is InChI=1S/C10H13Cl3OSi/c1-14-8-7-10(15(11,12)13)9-5-3-2-4-6-9/h2-6,10H,7-8H2,1H3/t10-/m0/s1. The highest BCUT2D eigenvalue weighted by Crippen LogP contribution is 2.38. The van der Waals surface area contributed by atoms with Gasteiger partial charge in [0.1, 0.15) is 0 Å². The Hall–Kier alpha value is 0.267. The van der Waals surface area contributed by atoms with E-state index in [0.717, 1.165) is 12.0 Å². The maximum absolute atomic E-state index is 6.08. The van der Waals surface area contributed by atoms with Crippen LogP contribution < -0.4 is 0 Å². The lowest BCUT2D eigenvalue weighted by Gasteiger charge is -2.22. The number of hydrogen-bond donors (Lipinski definition) is 0. The molecule has 0 unspecified atom stereocenters. The van der Waals surface area contributed by atoms with E-state index in [4.69, 9.17) is 38.0 Å². The first-order chi connectivity index (χ1) is 7.05. The van der Waals surface area contributed by atoms with Crippen LogP contribution >= 0.6 is 33.2 Å². The average molecular weight is 284 g/mol. The summed E-state index contributed by atoms with van der Waals surface area (Å²) in [5.74, 6) is 0. The topological polar surface area (TPSA) is 9.23 Å². The average Bonchev–Trinajstić information content (AvgIpc) is 2.18. The van der Waals surface area contributed by atoms with Crippen LogP contribution in [0.1, 0.15) is 17.5 Å². The summed E-state index contributed by atoms with van der Waals surface area (Å²) in [6, 6.07) is 7.13. The van der Waals surface area contributed by atoms with Crippen molar-refractivity contribution in [1.29, 1.82) is 0 Å². The van der Waals surface area contributed by atoms with Gasteiger partial charge in [0, 0.05) is 19.3 Å². The number of ether oxygens (including phenoxy) is 1. The highest BCUT2D eigenvalue weighted by atomic mass is 35.8. The predicted molar refractivity (Wildman–Crippen MR) is 69.0 cm³/mol. The van der Waals surface area contributed by atoms with Gasteiger partial charge in [-0.2, -0.15) is 0 Å². The van der Waals surface area contributed by atoms with Crippen LogP contribution in [0.5, 0.6) is 0 Å². The van der Waals surface area contributed by atoms with Crippen molar-refractivity contribution in [3.05, 3.63) is 35.9 Å². The fourth-order valence-electron chi connectivity index (χ4n) is 1.44. The summed E-state index contributed by atoms with van der Waals surface area (Å²) in [5.41, 5.74) is 1.09. The summed E-state index contributed by atoms with van der Waals surface area (Å²) >= 11 is 18.3. The predicted octanol–water partition coefficient (Wildman–Crippen LogP) is 4.00. The lowest BCUT2D eigenvalue weighted by Crippen LogP contribution is -2.24. The highest BCUT2D eigenvalue weighted by Gasteiger charge is 2.37. The van der Waals surface area contributed by atoms with Gasteiger partial charge in [-0.15, -0.1) is 33.2 Å². The molecule has 0 spiro atoms. The number of rotatable bonds is 5. The molecule has 5 heteroatoms. The molecule has 1 aromatic carbocycles. The lowest BCUT2D eigenvalue weighted by atomic mass is 10.1. The van der Waals surface area contributed by atoms with Crippen LogP contribution in [-0.4, -0.2) is 19.7 Å². The van der Waals surface area contributed by atoms with Crippen molar-refractivity contribution < 1.29 is 4.74 Å². The fourth-order valence-corrected chi connectivity index (χ4v) is 4.57. The number of benzene rings is 1. The molecule has 1 atom stereocenters. The molecular formula is C10H13Cl3OSi. The highest BCUT2D eigenvalue weighted by molar-refractivity contribution is 7.65. The molecule has 84 valence electrons. The van der Waals surface area contributed by atoms with E-state index in [1.54, 1.807) is 7.11 Å². The molecular weight excluding hydrogens is 271 g/mol. The van der Waals surface area contributed by atoms with E-state index in [2.05, 4.69) is 0 Å². The monoisotopic (exact) mass is 282 g/mol. The van der Waals surface area contributed by atoms with E-state index in [1.165, 1.54) is 0 Å². The first kappa shape index (κ1) is 13.3. The molecule has 0 aliphatic rings. The Balaban J connectivity index is 2.82. The molecule has 0 saturated carbocycles. The van der Waals surface area contributed by atoms with Gasteiger partial charge < -0.3 is 4.74 Å². The van der Waals surface area contributed by atoms with Crippen LogP contribution in [0, 0.1) is 0 Å². The summed E-state index contributed by atoms with van der Waals surface area (Å²) in [5, 5.41) is 0. The second-order valence-corrected chi connectivity index (χ2v) is 12.2. The largest absolute Gasteiger partial charge is 0.385 e. The van der Waals surface area contributed by atoms with Crippen molar-refractivity contribution in [2.75, 3.05) is 13.7 Å². The number of methoxy groups -OCH3 is 1. The van der Waals surface area contributed by atoms with Gasteiger partial charge in [0.25, 0.3) is 0 Å². The number of halogens is 3. The maximum Gasteiger partial charge on any atom is 0.348 e. The Morgan fingerprint density at radius 2 is 1.80 bits per heavy atom. The molecule has 0 aromatic heterocycles. The molecule has 0 saturated heterocycles. The zero-order valence-corrected chi connectivity index (χ0v) is 11.7. The van der Waals surface area contributed by atoms with E-state index in [-0.39, 0.29) is 5.54 Å². The van der Waals surface area contributed by atoms with E-state index in [1.807, 2.05) is 30.3 Å². The van der Waals surface area contributed by atoms with E-state index in [9.17, 15) is 0 Å². The molecule has 1 aromatic rings. The van der Waals surface area contributed by atoms with Gasteiger partial charge in [-0.1, -0.05) is 30.3 Å². The molecule has 0 amide bonds. The first-order valence-corrected chi connectivity index (χ1v) is 9.77. The Labute approximate surface area is 105 Å². The van der Waals surface area contributed by atoms with Crippen molar-refractivity contribution in [2.24, 2.45) is 0 Å². The SMILES string of the molecule is COCC[C@@H](c1ccccc1)[Si](Cl)(Cl)Cl.